The molecule has 0 atom stereocenters. The van der Waals surface area contributed by atoms with Crippen LogP contribution in [0.5, 0.6) is 0 Å². The molecule has 3 heteroatoms. The molecule has 0 radical (unpaired) electrons. The number of ether oxygens (including phenoxy) is 1. The van der Waals surface area contributed by atoms with Crippen LogP contribution in [0, 0.1) is 0 Å². The summed E-state index contributed by atoms with van der Waals surface area (Å²) >= 11 is 0.473. The van der Waals surface area contributed by atoms with Gasteiger partial charge in [0.1, 0.15) is 0 Å². The number of esters is 1. The molecule has 0 saturated heterocycles. The van der Waals surface area contributed by atoms with Crippen molar-refractivity contribution in [2.24, 2.45) is 0 Å². The van der Waals surface area contributed by atoms with Crippen LogP contribution in [0.15, 0.2) is 0 Å². The van der Waals surface area contributed by atoms with Crippen LogP contribution in [-0.2, 0) is 9.53 Å². The third-order valence-corrected chi connectivity index (χ3v) is 3.72. The molecule has 0 fully saturated rings. The van der Waals surface area contributed by atoms with E-state index in [0.29, 0.717) is 20.3 Å². The Morgan fingerprint density at radius 3 is 2.67 bits per heavy atom. The molecule has 0 aliphatic rings. The van der Waals surface area contributed by atoms with E-state index in [-0.39, 0.29) is 5.97 Å². The molecule has 0 spiro atoms. The summed E-state index contributed by atoms with van der Waals surface area (Å²) in [4.78, 5) is 10.7. The summed E-state index contributed by atoms with van der Waals surface area (Å²) in [6.45, 7) is 2.21. The molecule has 12 heavy (non-hydrogen) atoms. The zero-order chi connectivity index (χ0) is 9.23. The van der Waals surface area contributed by atoms with Crippen LogP contribution in [0.25, 0.3) is 0 Å². The van der Waals surface area contributed by atoms with Crippen LogP contribution in [0.2, 0.25) is 10.6 Å². The van der Waals surface area contributed by atoms with Gasteiger partial charge in [0.15, 0.2) is 0 Å². The molecule has 2 nitrogen and oxygen atoms in total. The van der Waals surface area contributed by atoms with E-state index in [1.165, 1.54) is 38.1 Å². The van der Waals surface area contributed by atoms with Crippen LogP contribution >= 0.6 is 0 Å². The number of carbonyl (C=O) groups excluding carboxylic acids is 1. The van der Waals surface area contributed by atoms with E-state index in [0.717, 1.165) is 0 Å². The molecule has 0 aliphatic carbocycles. The topological polar surface area (TPSA) is 26.3 Å². The predicted octanol–water partition coefficient (Wildman–Crippen LogP) is 2.28. The van der Waals surface area contributed by atoms with E-state index in [1.807, 2.05) is 0 Å². The van der Waals surface area contributed by atoms with Crippen LogP contribution in [0.1, 0.15) is 32.6 Å². The number of unbranched alkanes of at least 4 members (excludes halogenated alkanes) is 3. The first-order chi connectivity index (χ1) is 5.81. The first-order valence-corrected chi connectivity index (χ1v) is 6.88. The molecular formula is C9H18O2Se. The maximum atomic E-state index is 10.7. The number of carbonyl (C=O) groups is 1. The first-order valence-electron chi connectivity index (χ1n) is 4.45. The molecule has 0 bridgehead atoms. The zero-order valence-electron chi connectivity index (χ0n) is 7.97. The normalized spacial score (nSPS) is 9.83. The van der Waals surface area contributed by atoms with E-state index in [9.17, 15) is 4.79 Å². The van der Waals surface area contributed by atoms with Crippen molar-refractivity contribution in [2.75, 3.05) is 7.11 Å². The molecule has 0 N–H and O–H groups in total. The Kier molecular flexibility index (Phi) is 9.07. The Morgan fingerprint density at radius 1 is 1.33 bits per heavy atom. The molecule has 0 aromatic carbocycles. The summed E-state index contributed by atoms with van der Waals surface area (Å²) in [6.07, 6.45) is 5.21. The summed E-state index contributed by atoms with van der Waals surface area (Å²) in [7, 11) is 1.45. The van der Waals surface area contributed by atoms with Gasteiger partial charge in [-0.15, -0.1) is 0 Å². The maximum absolute atomic E-state index is 10.7. The number of hydrogen-bond acceptors (Lipinski definition) is 2. The number of rotatable bonds is 7. The van der Waals surface area contributed by atoms with Crippen LogP contribution in [0.4, 0.5) is 0 Å². The second-order valence-corrected chi connectivity index (χ2v) is 5.01. The van der Waals surface area contributed by atoms with E-state index in [1.54, 1.807) is 0 Å². The van der Waals surface area contributed by atoms with Crippen LogP contribution < -0.4 is 0 Å². The Bertz CT molecular complexity index is 115. The Labute approximate surface area is 81.2 Å². The molecular weight excluding hydrogens is 219 g/mol. The summed E-state index contributed by atoms with van der Waals surface area (Å²) in [6, 6.07) is 0. The van der Waals surface area contributed by atoms with Gasteiger partial charge in [-0.1, -0.05) is 0 Å². The van der Waals surface area contributed by atoms with Gasteiger partial charge in [0, 0.05) is 0 Å². The van der Waals surface area contributed by atoms with Gasteiger partial charge in [-0.2, -0.15) is 0 Å². The van der Waals surface area contributed by atoms with Crippen molar-refractivity contribution < 1.29 is 9.53 Å². The standard InChI is InChI=1S/C9H18O2Se/c1-3-4-5-6-7-12-8-9(10)11-2/h3-8H2,1-2H3. The second kappa shape index (κ2) is 9.08. The van der Waals surface area contributed by atoms with Crippen molar-refractivity contribution in [3.05, 3.63) is 0 Å². The SMILES string of the molecule is CCCCCC[Se]CC(=O)OC. The van der Waals surface area contributed by atoms with Crippen LogP contribution in [-0.4, -0.2) is 28.0 Å². The molecule has 0 aromatic rings. The van der Waals surface area contributed by atoms with Crippen molar-refractivity contribution in [1.29, 1.82) is 0 Å². The van der Waals surface area contributed by atoms with Gasteiger partial charge in [0.25, 0.3) is 0 Å². The van der Waals surface area contributed by atoms with Crippen molar-refractivity contribution in [3.8, 4) is 0 Å². The molecule has 0 saturated carbocycles. The molecule has 0 heterocycles. The molecule has 72 valence electrons. The van der Waals surface area contributed by atoms with Crippen molar-refractivity contribution in [3.63, 3.8) is 0 Å². The van der Waals surface area contributed by atoms with Gasteiger partial charge in [0.2, 0.25) is 0 Å². The van der Waals surface area contributed by atoms with E-state index in [2.05, 4.69) is 11.7 Å². The molecule has 0 aliphatic heterocycles. The first kappa shape index (κ1) is 12.0. The molecule has 0 aromatic heterocycles. The van der Waals surface area contributed by atoms with Gasteiger partial charge in [-0.3, -0.25) is 0 Å². The van der Waals surface area contributed by atoms with E-state index in [4.69, 9.17) is 0 Å². The van der Waals surface area contributed by atoms with E-state index >= 15 is 0 Å². The summed E-state index contributed by atoms with van der Waals surface area (Å²) in [5, 5.41) is 1.87. The molecule has 0 rings (SSSR count). The van der Waals surface area contributed by atoms with Gasteiger partial charge < -0.3 is 0 Å². The van der Waals surface area contributed by atoms with Crippen molar-refractivity contribution in [1.82, 2.24) is 0 Å². The summed E-state index contributed by atoms with van der Waals surface area (Å²) < 4.78 is 4.55. The third kappa shape index (κ3) is 8.09. The Morgan fingerprint density at radius 2 is 2.08 bits per heavy atom. The number of methoxy groups -OCH3 is 1. The second-order valence-electron chi connectivity index (χ2n) is 2.69. The fourth-order valence-corrected chi connectivity index (χ4v) is 2.60. The quantitative estimate of drug-likeness (QED) is 0.386. The minimum absolute atomic E-state index is 0.0505. The molecule has 0 amide bonds. The monoisotopic (exact) mass is 238 g/mol. The van der Waals surface area contributed by atoms with Crippen molar-refractivity contribution in [2.45, 2.75) is 43.2 Å². The fourth-order valence-electron chi connectivity index (χ4n) is 0.845. The average molecular weight is 237 g/mol. The zero-order valence-corrected chi connectivity index (χ0v) is 9.68. The summed E-state index contributed by atoms with van der Waals surface area (Å²) in [5.41, 5.74) is 0. The predicted molar refractivity (Wildman–Crippen MR) is 51.5 cm³/mol. The third-order valence-electron chi connectivity index (χ3n) is 1.59. The molecule has 0 unspecified atom stereocenters. The van der Waals surface area contributed by atoms with Crippen LogP contribution in [0.3, 0.4) is 0 Å². The fraction of sp³-hybridized carbons (Fsp3) is 0.889. The van der Waals surface area contributed by atoms with Gasteiger partial charge >= 0.3 is 80.8 Å². The number of hydrogen-bond donors (Lipinski definition) is 0. The Balaban J connectivity index is 2.95. The minimum atomic E-state index is -0.0505. The van der Waals surface area contributed by atoms with Gasteiger partial charge in [0.05, 0.1) is 0 Å². The van der Waals surface area contributed by atoms with Gasteiger partial charge in [-0.25, -0.2) is 0 Å². The van der Waals surface area contributed by atoms with Crippen molar-refractivity contribution >= 4 is 20.9 Å². The average Bonchev–Trinajstić information content (AvgIpc) is 2.10. The van der Waals surface area contributed by atoms with E-state index < -0.39 is 0 Å². The van der Waals surface area contributed by atoms with Gasteiger partial charge in [-0.05, 0) is 0 Å². The Hall–Kier alpha value is -0.0105. The summed E-state index contributed by atoms with van der Waals surface area (Å²) in [5.74, 6) is -0.0505.